The van der Waals surface area contributed by atoms with Crippen molar-refractivity contribution in [3.05, 3.63) is 35.7 Å². The number of piperidine rings is 1. The van der Waals surface area contributed by atoms with Gasteiger partial charge >= 0.3 is 12.6 Å². The number of carboxylic acid groups (broad SMARTS) is 1. The lowest BCUT2D eigenvalue weighted by Gasteiger charge is -2.37. The number of halogens is 2. The lowest BCUT2D eigenvalue weighted by atomic mass is 9.90. The van der Waals surface area contributed by atoms with Gasteiger partial charge in [-0.3, -0.25) is 9.59 Å². The summed E-state index contributed by atoms with van der Waals surface area (Å²) in [6, 6.07) is 5.34. The summed E-state index contributed by atoms with van der Waals surface area (Å²) in [7, 11) is 0. The molecular weight excluding hydrogens is 374 g/mol. The number of alkyl halides is 2. The van der Waals surface area contributed by atoms with Gasteiger partial charge < -0.3 is 14.7 Å². The largest absolute Gasteiger partial charge is 0.481 e. The first-order chi connectivity index (χ1) is 13.3. The van der Waals surface area contributed by atoms with Gasteiger partial charge in [0.2, 0.25) is 0 Å². The monoisotopic (exact) mass is 394 g/mol. The van der Waals surface area contributed by atoms with Gasteiger partial charge in [0.15, 0.2) is 5.69 Å². The van der Waals surface area contributed by atoms with Crippen molar-refractivity contribution < 1.29 is 28.2 Å². The zero-order chi connectivity index (χ0) is 20.4. The summed E-state index contributed by atoms with van der Waals surface area (Å²) in [5.41, 5.74) is 1.13. The molecular formula is C18H20F2N4O4. The number of rotatable bonds is 5. The number of carboxylic acids is 1. The van der Waals surface area contributed by atoms with Gasteiger partial charge in [-0.1, -0.05) is 5.21 Å². The second kappa shape index (κ2) is 7.91. The number of carbonyl (C=O) groups excluding carboxylic acids is 1. The van der Waals surface area contributed by atoms with Crippen molar-refractivity contribution in [3.63, 3.8) is 0 Å². The summed E-state index contributed by atoms with van der Waals surface area (Å²) in [6.45, 7) is 0.928. The molecule has 2 atom stereocenters. The van der Waals surface area contributed by atoms with Gasteiger partial charge in [-0.2, -0.15) is 8.78 Å². The molecule has 1 aromatic carbocycles. The topological polar surface area (TPSA) is 97.5 Å². The Hall–Kier alpha value is -3.04. The Bertz CT molecular complexity index is 869. The highest BCUT2D eigenvalue weighted by atomic mass is 19.3. The van der Waals surface area contributed by atoms with E-state index in [1.807, 2.05) is 0 Å². The second-order valence-corrected chi connectivity index (χ2v) is 6.63. The predicted octanol–water partition coefficient (Wildman–Crippen LogP) is 2.50. The van der Waals surface area contributed by atoms with Crippen LogP contribution >= 0.6 is 0 Å². The molecule has 0 radical (unpaired) electrons. The van der Waals surface area contributed by atoms with Gasteiger partial charge in [0.05, 0.1) is 17.3 Å². The van der Waals surface area contributed by atoms with Gasteiger partial charge in [-0.25, -0.2) is 4.68 Å². The molecule has 2 heterocycles. The van der Waals surface area contributed by atoms with Crippen molar-refractivity contribution in [3.8, 4) is 11.4 Å². The first-order valence-electron chi connectivity index (χ1n) is 8.81. The molecule has 3 rings (SSSR count). The van der Waals surface area contributed by atoms with E-state index in [4.69, 9.17) is 0 Å². The molecule has 1 aliphatic heterocycles. The van der Waals surface area contributed by atoms with Crippen LogP contribution in [0.25, 0.3) is 5.69 Å². The number of aliphatic carboxylic acids is 1. The van der Waals surface area contributed by atoms with Crippen molar-refractivity contribution in [2.24, 2.45) is 5.92 Å². The summed E-state index contributed by atoms with van der Waals surface area (Å²) in [5.74, 6) is -1.90. The Morgan fingerprint density at radius 3 is 2.57 bits per heavy atom. The van der Waals surface area contributed by atoms with Crippen molar-refractivity contribution in [1.82, 2.24) is 19.9 Å². The number of likely N-dealkylation sites (tertiary alicyclic amines) is 1. The molecule has 1 aromatic heterocycles. The highest BCUT2D eigenvalue weighted by Gasteiger charge is 2.37. The Kier molecular flexibility index (Phi) is 5.57. The van der Waals surface area contributed by atoms with Crippen molar-refractivity contribution in [2.45, 2.75) is 39.3 Å². The van der Waals surface area contributed by atoms with E-state index < -0.39 is 24.5 Å². The molecule has 0 unspecified atom stereocenters. The average molecular weight is 394 g/mol. The first kappa shape index (κ1) is 19.7. The van der Waals surface area contributed by atoms with E-state index in [0.29, 0.717) is 30.8 Å². The second-order valence-electron chi connectivity index (χ2n) is 6.63. The van der Waals surface area contributed by atoms with Crippen molar-refractivity contribution in [2.75, 3.05) is 6.54 Å². The van der Waals surface area contributed by atoms with Gasteiger partial charge in [-0.15, -0.1) is 5.10 Å². The van der Waals surface area contributed by atoms with E-state index in [2.05, 4.69) is 15.0 Å². The van der Waals surface area contributed by atoms with Crippen molar-refractivity contribution in [1.29, 1.82) is 0 Å². The Balaban J connectivity index is 1.82. The zero-order valence-corrected chi connectivity index (χ0v) is 15.4. The average Bonchev–Trinajstić information content (AvgIpc) is 3.02. The highest BCUT2D eigenvalue weighted by molar-refractivity contribution is 5.94. The number of aromatic nitrogens is 3. The molecule has 0 bridgehead atoms. The molecule has 1 N–H and O–H groups in total. The molecule has 1 saturated heterocycles. The summed E-state index contributed by atoms with van der Waals surface area (Å²) < 4.78 is 30.2. The van der Waals surface area contributed by atoms with E-state index in [9.17, 15) is 23.5 Å². The number of carbonyl (C=O) groups is 2. The van der Waals surface area contributed by atoms with E-state index >= 15 is 0 Å². The smallest absolute Gasteiger partial charge is 0.387 e. The van der Waals surface area contributed by atoms with Crippen molar-refractivity contribution >= 4 is 11.9 Å². The van der Waals surface area contributed by atoms with Crippen LogP contribution in [0.2, 0.25) is 0 Å². The van der Waals surface area contributed by atoms with Crippen LogP contribution in [0.1, 0.15) is 35.9 Å². The van der Waals surface area contributed by atoms with Gasteiger partial charge in [-0.05, 0) is 51.0 Å². The maximum Gasteiger partial charge on any atom is 0.387 e. The van der Waals surface area contributed by atoms with Gasteiger partial charge in [0.1, 0.15) is 5.75 Å². The van der Waals surface area contributed by atoms with Crippen LogP contribution in [0.3, 0.4) is 0 Å². The summed E-state index contributed by atoms with van der Waals surface area (Å²) in [5, 5.41) is 17.3. The van der Waals surface area contributed by atoms with Gasteiger partial charge in [0.25, 0.3) is 5.91 Å². The van der Waals surface area contributed by atoms with E-state index in [1.54, 1.807) is 13.8 Å². The number of nitrogens with zero attached hydrogens (tertiary/aromatic N) is 4. The predicted molar refractivity (Wildman–Crippen MR) is 93.6 cm³/mol. The molecule has 150 valence electrons. The molecule has 1 amide bonds. The SMILES string of the molecule is Cc1c(C(=O)N2CCC[C@@H](C(=O)O)[C@H]2C)nnn1-c1ccc(OC(F)F)cc1. The molecule has 0 aliphatic carbocycles. The van der Waals surface area contributed by atoms with Crippen LogP contribution < -0.4 is 4.74 Å². The molecule has 1 aliphatic rings. The quantitative estimate of drug-likeness (QED) is 0.837. The minimum atomic E-state index is -2.91. The third kappa shape index (κ3) is 3.80. The number of benzene rings is 1. The van der Waals surface area contributed by atoms with Crippen LogP contribution in [-0.4, -0.2) is 56.1 Å². The molecule has 28 heavy (non-hydrogen) atoms. The van der Waals surface area contributed by atoms with E-state index in [1.165, 1.54) is 33.8 Å². The van der Waals surface area contributed by atoms with Crippen LogP contribution in [0, 0.1) is 12.8 Å². The maximum absolute atomic E-state index is 12.9. The standard InChI is InChI=1S/C18H20F2N4O4/c1-10-14(17(26)27)4-3-9-23(10)16(25)15-11(2)24(22-21-15)12-5-7-13(8-6-12)28-18(19)20/h5-8,10,14,18H,3-4,9H2,1-2H3,(H,26,27)/t10-,14-/m1/s1. The fourth-order valence-corrected chi connectivity index (χ4v) is 3.44. The van der Waals surface area contributed by atoms with E-state index in [-0.39, 0.29) is 17.4 Å². The summed E-state index contributed by atoms with van der Waals surface area (Å²) in [6.07, 6.45) is 1.13. The molecule has 0 saturated carbocycles. The zero-order valence-electron chi connectivity index (χ0n) is 15.4. The molecule has 2 aromatic rings. The lowest BCUT2D eigenvalue weighted by molar-refractivity contribution is -0.145. The Labute approximate surface area is 159 Å². The molecule has 1 fully saturated rings. The molecule has 8 nitrogen and oxygen atoms in total. The molecule has 10 heteroatoms. The third-order valence-corrected chi connectivity index (χ3v) is 4.97. The first-order valence-corrected chi connectivity index (χ1v) is 8.81. The van der Waals surface area contributed by atoms with Crippen LogP contribution in [0.5, 0.6) is 5.75 Å². The number of ether oxygens (including phenoxy) is 1. The fourth-order valence-electron chi connectivity index (χ4n) is 3.44. The minimum Gasteiger partial charge on any atom is -0.481 e. The Morgan fingerprint density at radius 1 is 1.29 bits per heavy atom. The number of hydrogen-bond acceptors (Lipinski definition) is 5. The number of amides is 1. The van der Waals surface area contributed by atoms with Gasteiger partial charge in [0, 0.05) is 12.6 Å². The number of hydrogen-bond donors (Lipinski definition) is 1. The Morgan fingerprint density at radius 2 is 1.96 bits per heavy atom. The maximum atomic E-state index is 12.9. The third-order valence-electron chi connectivity index (χ3n) is 4.97. The highest BCUT2D eigenvalue weighted by Crippen LogP contribution is 2.26. The fraction of sp³-hybridized carbons (Fsp3) is 0.444. The summed E-state index contributed by atoms with van der Waals surface area (Å²) in [4.78, 5) is 25.8. The normalized spacial score (nSPS) is 19.7. The minimum absolute atomic E-state index is 0.00896. The summed E-state index contributed by atoms with van der Waals surface area (Å²) >= 11 is 0. The van der Waals surface area contributed by atoms with Crippen LogP contribution in [0.15, 0.2) is 24.3 Å². The van der Waals surface area contributed by atoms with E-state index in [0.717, 1.165) is 0 Å². The van der Waals surface area contributed by atoms with Crippen LogP contribution in [0.4, 0.5) is 8.78 Å². The van der Waals surface area contributed by atoms with Crippen LogP contribution in [-0.2, 0) is 4.79 Å². The lowest BCUT2D eigenvalue weighted by Crippen LogP contribution is -2.49. The molecule has 0 spiro atoms.